The van der Waals surface area contributed by atoms with Gasteiger partial charge in [0.15, 0.2) is 0 Å². The summed E-state index contributed by atoms with van der Waals surface area (Å²) in [7, 11) is 1.99. The summed E-state index contributed by atoms with van der Waals surface area (Å²) in [6, 6.07) is 4.63. The fourth-order valence-electron chi connectivity index (χ4n) is 1.84. The van der Waals surface area contributed by atoms with Crippen LogP contribution in [0.15, 0.2) is 18.3 Å². The van der Waals surface area contributed by atoms with E-state index >= 15 is 0 Å². The minimum Gasteiger partial charge on any atom is -0.392 e. The number of aliphatic hydroxyl groups is 1. The van der Waals surface area contributed by atoms with E-state index in [1.54, 1.807) is 13.1 Å². The highest BCUT2D eigenvalue weighted by Gasteiger charge is 2.25. The number of nitrogens with zero attached hydrogens (tertiary/aromatic N) is 2. The molecule has 3 N–H and O–H groups in total. The molecule has 0 saturated carbocycles. The monoisotopic (exact) mass is 236 g/mol. The van der Waals surface area contributed by atoms with Crippen molar-refractivity contribution < 1.29 is 5.11 Å². The molecular weight excluding hydrogens is 216 g/mol. The maximum Gasteiger partial charge on any atom is 0.128 e. The zero-order valence-electron chi connectivity index (χ0n) is 10.3. The molecule has 0 aliphatic carbocycles. The number of aliphatic hydroxyl groups excluding tert-OH is 1. The molecule has 5 heteroatoms. The van der Waals surface area contributed by atoms with Gasteiger partial charge in [-0.05, 0) is 20.0 Å². The molecule has 94 valence electrons. The van der Waals surface area contributed by atoms with Gasteiger partial charge in [0.1, 0.15) is 5.82 Å². The normalized spacial score (nSPS) is 17.7. The second kappa shape index (κ2) is 5.33. The lowest BCUT2D eigenvalue weighted by molar-refractivity contribution is 0.208. The van der Waals surface area contributed by atoms with Crippen LogP contribution < -0.4 is 15.5 Å². The van der Waals surface area contributed by atoms with Crippen molar-refractivity contribution in [1.82, 2.24) is 10.3 Å². The van der Waals surface area contributed by atoms with E-state index in [0.29, 0.717) is 12.6 Å². The Bertz CT molecular complexity index is 363. The number of nitrogens with one attached hydrogen (secondary N) is 2. The van der Waals surface area contributed by atoms with Gasteiger partial charge >= 0.3 is 0 Å². The number of pyridine rings is 1. The van der Waals surface area contributed by atoms with Crippen molar-refractivity contribution in [3.05, 3.63) is 18.3 Å². The van der Waals surface area contributed by atoms with Crippen LogP contribution >= 0.6 is 0 Å². The standard InChI is InChI=1S/C12H20N4O/c1-9(17)6-15-12-5-11(3-4-14-12)16-7-10(8-16)13-2/h3-5,9-10,13,17H,6-8H2,1-2H3,(H,14,15). The Kier molecular flexibility index (Phi) is 3.81. The number of aromatic nitrogens is 1. The van der Waals surface area contributed by atoms with Gasteiger partial charge in [-0.2, -0.15) is 0 Å². The molecule has 1 aromatic rings. The third-order valence-corrected chi connectivity index (χ3v) is 2.98. The molecule has 0 bridgehead atoms. The van der Waals surface area contributed by atoms with Crippen LogP contribution in [-0.2, 0) is 0 Å². The molecule has 1 saturated heterocycles. The van der Waals surface area contributed by atoms with Crippen molar-refractivity contribution in [1.29, 1.82) is 0 Å². The molecule has 1 aliphatic heterocycles. The van der Waals surface area contributed by atoms with E-state index in [1.807, 2.05) is 19.2 Å². The van der Waals surface area contributed by atoms with Crippen molar-refractivity contribution in [3.63, 3.8) is 0 Å². The lowest BCUT2D eigenvalue weighted by atomic mass is 10.1. The average Bonchev–Trinajstić information content (AvgIpc) is 2.26. The van der Waals surface area contributed by atoms with Crippen molar-refractivity contribution in [2.24, 2.45) is 0 Å². The van der Waals surface area contributed by atoms with Crippen molar-refractivity contribution >= 4 is 11.5 Å². The van der Waals surface area contributed by atoms with Crippen LogP contribution in [-0.4, -0.2) is 48.9 Å². The van der Waals surface area contributed by atoms with E-state index in [9.17, 15) is 5.11 Å². The van der Waals surface area contributed by atoms with Crippen LogP contribution in [0.2, 0.25) is 0 Å². The van der Waals surface area contributed by atoms with Crippen LogP contribution in [0, 0.1) is 0 Å². The maximum atomic E-state index is 9.21. The minimum absolute atomic E-state index is 0.363. The summed E-state index contributed by atoms with van der Waals surface area (Å²) in [5, 5.41) is 15.6. The van der Waals surface area contributed by atoms with Crippen molar-refractivity contribution in [2.45, 2.75) is 19.1 Å². The van der Waals surface area contributed by atoms with Crippen LogP contribution in [0.3, 0.4) is 0 Å². The lowest BCUT2D eigenvalue weighted by Crippen LogP contribution is -2.57. The molecule has 1 aromatic heterocycles. The van der Waals surface area contributed by atoms with E-state index in [0.717, 1.165) is 18.9 Å². The molecule has 1 unspecified atom stereocenters. The van der Waals surface area contributed by atoms with Gasteiger partial charge in [0.05, 0.1) is 6.10 Å². The Balaban J connectivity index is 1.93. The predicted molar refractivity (Wildman–Crippen MR) is 69.5 cm³/mol. The number of likely N-dealkylation sites (N-methyl/N-ethyl adjacent to an activating group) is 1. The van der Waals surface area contributed by atoms with Crippen LogP contribution in [0.5, 0.6) is 0 Å². The molecule has 1 fully saturated rings. The SMILES string of the molecule is CNC1CN(c2ccnc(NCC(C)O)c2)C1. The Hall–Kier alpha value is -1.33. The molecule has 2 rings (SSSR count). The summed E-state index contributed by atoms with van der Waals surface area (Å²) < 4.78 is 0. The molecule has 17 heavy (non-hydrogen) atoms. The topological polar surface area (TPSA) is 60.4 Å². The second-order valence-corrected chi connectivity index (χ2v) is 4.52. The summed E-state index contributed by atoms with van der Waals surface area (Å²) in [5.74, 6) is 0.816. The summed E-state index contributed by atoms with van der Waals surface area (Å²) in [6.45, 7) is 4.35. The zero-order valence-corrected chi connectivity index (χ0v) is 10.3. The van der Waals surface area contributed by atoms with Crippen LogP contribution in [0.1, 0.15) is 6.92 Å². The third-order valence-electron chi connectivity index (χ3n) is 2.98. The van der Waals surface area contributed by atoms with Crippen molar-refractivity contribution in [3.8, 4) is 0 Å². The first-order valence-corrected chi connectivity index (χ1v) is 5.99. The number of hydrogen-bond acceptors (Lipinski definition) is 5. The Morgan fingerprint density at radius 2 is 2.35 bits per heavy atom. The third kappa shape index (κ3) is 3.08. The van der Waals surface area contributed by atoms with Gasteiger partial charge in [-0.3, -0.25) is 0 Å². The first kappa shape index (κ1) is 12.1. The molecule has 0 radical (unpaired) electrons. The van der Waals surface area contributed by atoms with Gasteiger partial charge in [0, 0.05) is 43.6 Å². The van der Waals surface area contributed by atoms with Gasteiger partial charge in [-0.25, -0.2) is 4.98 Å². The molecule has 0 aromatic carbocycles. The summed E-state index contributed by atoms with van der Waals surface area (Å²) in [5.41, 5.74) is 1.18. The second-order valence-electron chi connectivity index (χ2n) is 4.52. The highest BCUT2D eigenvalue weighted by Crippen LogP contribution is 2.22. The molecule has 2 heterocycles. The zero-order chi connectivity index (χ0) is 12.3. The summed E-state index contributed by atoms with van der Waals surface area (Å²) >= 11 is 0. The van der Waals surface area contributed by atoms with E-state index in [1.165, 1.54) is 5.69 Å². The van der Waals surface area contributed by atoms with Crippen molar-refractivity contribution in [2.75, 3.05) is 36.9 Å². The molecule has 0 spiro atoms. The fourth-order valence-corrected chi connectivity index (χ4v) is 1.84. The van der Waals surface area contributed by atoms with E-state index in [-0.39, 0.29) is 6.10 Å². The van der Waals surface area contributed by atoms with E-state index in [2.05, 4.69) is 20.5 Å². The maximum absolute atomic E-state index is 9.21. The number of anilines is 2. The summed E-state index contributed by atoms with van der Waals surface area (Å²) in [4.78, 5) is 6.53. The number of rotatable bonds is 5. The van der Waals surface area contributed by atoms with Crippen LogP contribution in [0.25, 0.3) is 0 Å². The fraction of sp³-hybridized carbons (Fsp3) is 0.583. The van der Waals surface area contributed by atoms with Gasteiger partial charge in [0.2, 0.25) is 0 Å². The average molecular weight is 236 g/mol. The number of hydrogen-bond donors (Lipinski definition) is 3. The van der Waals surface area contributed by atoms with E-state index in [4.69, 9.17) is 0 Å². The molecule has 0 amide bonds. The molecule has 5 nitrogen and oxygen atoms in total. The first-order valence-electron chi connectivity index (χ1n) is 5.99. The Morgan fingerprint density at radius 3 is 3.00 bits per heavy atom. The Labute approximate surface area is 102 Å². The highest BCUT2D eigenvalue weighted by molar-refractivity contribution is 5.55. The van der Waals surface area contributed by atoms with Gasteiger partial charge < -0.3 is 20.6 Å². The van der Waals surface area contributed by atoms with E-state index < -0.39 is 0 Å². The van der Waals surface area contributed by atoms with Crippen LogP contribution in [0.4, 0.5) is 11.5 Å². The Morgan fingerprint density at radius 1 is 1.59 bits per heavy atom. The smallest absolute Gasteiger partial charge is 0.128 e. The molecule has 1 aliphatic rings. The first-order chi connectivity index (χ1) is 8.19. The van der Waals surface area contributed by atoms with Gasteiger partial charge in [0.25, 0.3) is 0 Å². The molecule has 1 atom stereocenters. The van der Waals surface area contributed by atoms with Gasteiger partial charge in [-0.1, -0.05) is 0 Å². The quantitative estimate of drug-likeness (QED) is 0.685. The largest absolute Gasteiger partial charge is 0.392 e. The lowest BCUT2D eigenvalue weighted by Gasteiger charge is -2.40. The minimum atomic E-state index is -0.363. The highest BCUT2D eigenvalue weighted by atomic mass is 16.3. The van der Waals surface area contributed by atoms with Gasteiger partial charge in [-0.15, -0.1) is 0 Å². The molecular formula is C12H20N4O. The summed E-state index contributed by atoms with van der Waals surface area (Å²) in [6.07, 6.45) is 1.44. The predicted octanol–water partition coefficient (Wildman–Crippen LogP) is 0.282.